The van der Waals surface area contributed by atoms with Crippen molar-refractivity contribution in [3.05, 3.63) is 102 Å². The van der Waals surface area contributed by atoms with Gasteiger partial charge in [0.2, 0.25) is 0 Å². The lowest BCUT2D eigenvalue weighted by molar-refractivity contribution is 0.638. The summed E-state index contributed by atoms with van der Waals surface area (Å²) in [6.45, 7) is 0. The van der Waals surface area contributed by atoms with Crippen LogP contribution in [0.2, 0.25) is 0 Å². The van der Waals surface area contributed by atoms with E-state index in [0.29, 0.717) is 0 Å². The fraction of sp³-hybridized carbons (Fsp3) is 0. The summed E-state index contributed by atoms with van der Waals surface area (Å²) in [6.07, 6.45) is 0. The van der Waals surface area contributed by atoms with Crippen molar-refractivity contribution in [2.75, 3.05) is 0 Å². The van der Waals surface area contributed by atoms with Crippen LogP contribution in [0, 0.1) is 0 Å². The standard InChI is InChI=1S/C24H16BrOPS/c25-20-15-16-21(24-23(20)19-13-7-8-14-22(19)28-24)26-27(17-9-3-1-4-10-17)18-11-5-2-6-12-18/h1-16H. The molecule has 0 bridgehead atoms. The SMILES string of the molecule is Brc1ccc(OP(c2ccccc2)c2ccccc2)c2sc3ccccc3c12. The summed E-state index contributed by atoms with van der Waals surface area (Å²) in [7, 11) is -0.948. The molecule has 0 aliphatic carbocycles. The van der Waals surface area contributed by atoms with Crippen LogP contribution in [0.25, 0.3) is 20.2 Å². The maximum absolute atomic E-state index is 6.74. The number of fused-ring (bicyclic) bond motifs is 3. The minimum Gasteiger partial charge on any atom is -0.463 e. The van der Waals surface area contributed by atoms with Crippen LogP contribution in [0.15, 0.2) is 102 Å². The van der Waals surface area contributed by atoms with Crippen molar-refractivity contribution in [2.45, 2.75) is 0 Å². The Balaban J connectivity index is 1.67. The molecule has 0 amide bonds. The van der Waals surface area contributed by atoms with Gasteiger partial charge in [-0.25, -0.2) is 0 Å². The monoisotopic (exact) mass is 462 g/mol. The Morgan fingerprint density at radius 2 is 1.29 bits per heavy atom. The molecule has 0 saturated carbocycles. The molecule has 5 aromatic rings. The van der Waals surface area contributed by atoms with Crippen LogP contribution in [-0.4, -0.2) is 0 Å². The molecule has 136 valence electrons. The fourth-order valence-electron chi connectivity index (χ4n) is 3.32. The molecular weight excluding hydrogens is 447 g/mol. The van der Waals surface area contributed by atoms with E-state index in [9.17, 15) is 0 Å². The smallest absolute Gasteiger partial charge is 0.150 e. The van der Waals surface area contributed by atoms with Gasteiger partial charge in [-0.1, -0.05) is 94.8 Å². The van der Waals surface area contributed by atoms with Gasteiger partial charge in [-0.2, -0.15) is 0 Å². The zero-order chi connectivity index (χ0) is 18.9. The number of thiophene rings is 1. The van der Waals surface area contributed by atoms with Gasteiger partial charge in [0, 0.05) is 30.6 Å². The van der Waals surface area contributed by atoms with E-state index in [1.54, 1.807) is 11.3 Å². The van der Waals surface area contributed by atoms with Crippen LogP contribution in [0.3, 0.4) is 0 Å². The van der Waals surface area contributed by atoms with E-state index < -0.39 is 8.15 Å². The Hall–Kier alpha value is -2.19. The first-order valence-electron chi connectivity index (χ1n) is 8.99. The second-order valence-electron chi connectivity index (χ2n) is 6.40. The van der Waals surface area contributed by atoms with Gasteiger partial charge in [-0.3, -0.25) is 0 Å². The molecule has 0 aliphatic heterocycles. The third kappa shape index (κ3) is 3.24. The second-order valence-corrected chi connectivity index (χ2v) is 10.1. The van der Waals surface area contributed by atoms with E-state index in [2.05, 4.69) is 101 Å². The van der Waals surface area contributed by atoms with Crippen molar-refractivity contribution in [2.24, 2.45) is 0 Å². The van der Waals surface area contributed by atoms with Crippen molar-refractivity contribution in [1.82, 2.24) is 0 Å². The van der Waals surface area contributed by atoms with Gasteiger partial charge >= 0.3 is 0 Å². The molecule has 0 spiro atoms. The van der Waals surface area contributed by atoms with E-state index in [1.165, 1.54) is 30.8 Å². The van der Waals surface area contributed by atoms with Crippen molar-refractivity contribution in [3.8, 4) is 5.75 Å². The van der Waals surface area contributed by atoms with Crippen LogP contribution < -0.4 is 15.1 Å². The minimum atomic E-state index is -0.948. The predicted molar refractivity (Wildman–Crippen MR) is 127 cm³/mol. The zero-order valence-electron chi connectivity index (χ0n) is 14.9. The van der Waals surface area contributed by atoms with E-state index in [4.69, 9.17) is 4.52 Å². The maximum Gasteiger partial charge on any atom is 0.150 e. The molecule has 0 atom stereocenters. The third-order valence-corrected chi connectivity index (χ3v) is 8.37. The Morgan fingerprint density at radius 3 is 1.96 bits per heavy atom. The maximum atomic E-state index is 6.74. The molecule has 28 heavy (non-hydrogen) atoms. The molecule has 1 aromatic heterocycles. The Morgan fingerprint density at radius 1 is 0.679 bits per heavy atom. The van der Waals surface area contributed by atoms with Gasteiger partial charge < -0.3 is 4.52 Å². The van der Waals surface area contributed by atoms with Crippen LogP contribution in [0.1, 0.15) is 0 Å². The molecule has 4 heteroatoms. The average Bonchev–Trinajstić information content (AvgIpc) is 3.15. The number of benzene rings is 4. The molecule has 0 N–H and O–H groups in total. The first-order chi connectivity index (χ1) is 13.8. The lowest BCUT2D eigenvalue weighted by Gasteiger charge is -2.20. The Labute approximate surface area is 177 Å². The molecule has 0 fully saturated rings. The van der Waals surface area contributed by atoms with Crippen molar-refractivity contribution < 1.29 is 4.52 Å². The number of rotatable bonds is 4. The van der Waals surface area contributed by atoms with Gasteiger partial charge in [0.1, 0.15) is 5.75 Å². The molecular formula is C24H16BrOPS. The summed E-state index contributed by atoms with van der Waals surface area (Å²) in [5.74, 6) is 0.943. The van der Waals surface area contributed by atoms with Gasteiger partial charge in [0.25, 0.3) is 0 Å². The molecule has 0 saturated heterocycles. The van der Waals surface area contributed by atoms with Crippen molar-refractivity contribution in [3.63, 3.8) is 0 Å². The molecule has 1 nitrogen and oxygen atoms in total. The quantitative estimate of drug-likeness (QED) is 0.255. The highest BCUT2D eigenvalue weighted by Gasteiger charge is 2.20. The average molecular weight is 463 g/mol. The fourth-order valence-corrected chi connectivity index (χ4v) is 6.97. The molecule has 4 aromatic carbocycles. The highest BCUT2D eigenvalue weighted by Crippen LogP contribution is 2.46. The van der Waals surface area contributed by atoms with E-state index in [1.807, 2.05) is 12.1 Å². The van der Waals surface area contributed by atoms with Crippen molar-refractivity contribution >= 4 is 66.2 Å². The molecule has 0 radical (unpaired) electrons. The molecule has 5 rings (SSSR count). The van der Waals surface area contributed by atoms with Gasteiger partial charge in [-0.15, -0.1) is 11.3 Å². The zero-order valence-corrected chi connectivity index (χ0v) is 18.2. The Kier molecular flexibility index (Phi) is 4.90. The summed E-state index contributed by atoms with van der Waals surface area (Å²) in [5.41, 5.74) is 0. The molecule has 1 heterocycles. The number of halogens is 1. The highest BCUT2D eigenvalue weighted by atomic mass is 79.9. The largest absolute Gasteiger partial charge is 0.463 e. The second kappa shape index (κ2) is 7.67. The number of hydrogen-bond acceptors (Lipinski definition) is 2. The summed E-state index contributed by atoms with van der Waals surface area (Å²) < 4.78 is 10.3. The first kappa shape index (κ1) is 17.9. The summed E-state index contributed by atoms with van der Waals surface area (Å²) in [4.78, 5) is 0. The Bertz CT molecular complexity index is 1210. The van der Waals surface area contributed by atoms with Gasteiger partial charge in [0.15, 0.2) is 8.15 Å². The lowest BCUT2D eigenvalue weighted by atomic mass is 10.1. The summed E-state index contributed by atoms with van der Waals surface area (Å²) in [6, 6.07) is 33.7. The van der Waals surface area contributed by atoms with E-state index in [0.717, 1.165) is 10.2 Å². The third-order valence-electron chi connectivity index (χ3n) is 4.61. The van der Waals surface area contributed by atoms with E-state index >= 15 is 0 Å². The van der Waals surface area contributed by atoms with Gasteiger partial charge in [-0.05, 0) is 18.2 Å². The lowest BCUT2D eigenvalue weighted by Crippen LogP contribution is -2.15. The topological polar surface area (TPSA) is 9.23 Å². The van der Waals surface area contributed by atoms with Crippen molar-refractivity contribution in [1.29, 1.82) is 0 Å². The summed E-state index contributed by atoms with van der Waals surface area (Å²) in [5, 5.41) is 4.92. The minimum absolute atomic E-state index is 0.943. The normalized spacial score (nSPS) is 11.4. The van der Waals surface area contributed by atoms with Crippen LogP contribution in [0.5, 0.6) is 5.75 Å². The number of hydrogen-bond donors (Lipinski definition) is 0. The van der Waals surface area contributed by atoms with E-state index in [-0.39, 0.29) is 0 Å². The molecule has 0 unspecified atom stereocenters. The summed E-state index contributed by atoms with van der Waals surface area (Å²) >= 11 is 5.53. The van der Waals surface area contributed by atoms with Gasteiger partial charge in [0.05, 0.1) is 4.70 Å². The van der Waals surface area contributed by atoms with Crippen LogP contribution in [-0.2, 0) is 0 Å². The molecule has 0 aliphatic rings. The van der Waals surface area contributed by atoms with Crippen LogP contribution >= 0.6 is 35.4 Å². The highest BCUT2D eigenvalue weighted by molar-refractivity contribution is 9.10. The predicted octanol–water partition coefficient (Wildman–Crippen LogP) is 7.24. The first-order valence-corrected chi connectivity index (χ1v) is 11.9. The van der Waals surface area contributed by atoms with Crippen LogP contribution in [0.4, 0.5) is 0 Å².